The molecule has 8 heteroatoms. The molecule has 2 rings (SSSR count). The lowest BCUT2D eigenvalue weighted by Gasteiger charge is -2.21. The fraction of sp³-hybridized carbons (Fsp3) is 0.263. The van der Waals surface area contributed by atoms with Crippen LogP contribution < -0.4 is 20.3 Å². The molecule has 2 amide bonds. The van der Waals surface area contributed by atoms with Gasteiger partial charge in [-0.3, -0.25) is 9.59 Å². The molecule has 0 aliphatic heterocycles. The summed E-state index contributed by atoms with van der Waals surface area (Å²) in [5.41, 5.74) is 0.959. The molecule has 0 bridgehead atoms. The quantitative estimate of drug-likeness (QED) is 0.672. The number of carbonyl (C=O) groups excluding carboxylic acids is 2. The molecule has 3 N–H and O–H groups in total. The summed E-state index contributed by atoms with van der Waals surface area (Å²) in [5, 5.41) is 5.91. The van der Waals surface area contributed by atoms with Crippen molar-refractivity contribution in [1.82, 2.24) is 0 Å². The minimum absolute atomic E-state index is 0.0681. The maximum absolute atomic E-state index is 12.9. The summed E-state index contributed by atoms with van der Waals surface area (Å²) in [6.07, 6.45) is 0. The van der Waals surface area contributed by atoms with Gasteiger partial charge in [-0.2, -0.15) is 0 Å². The molecular formula is C19H22ClFN3O3+. The number of hydrogen-bond donors (Lipinski definition) is 3. The van der Waals surface area contributed by atoms with Gasteiger partial charge >= 0.3 is 0 Å². The number of methoxy groups -OCH3 is 1. The van der Waals surface area contributed by atoms with Crippen molar-refractivity contribution < 1.29 is 23.6 Å². The second kappa shape index (κ2) is 9.34. The van der Waals surface area contributed by atoms with Gasteiger partial charge in [0.2, 0.25) is 0 Å². The van der Waals surface area contributed by atoms with Gasteiger partial charge in [0.1, 0.15) is 11.6 Å². The third-order valence-corrected chi connectivity index (χ3v) is 4.35. The molecule has 0 aliphatic rings. The molecule has 0 radical (unpaired) electrons. The molecule has 2 aromatic carbocycles. The molecular weight excluding hydrogens is 373 g/mol. The smallest absolute Gasteiger partial charge is 0.282 e. The second-order valence-corrected chi connectivity index (χ2v) is 6.57. The van der Waals surface area contributed by atoms with Crippen molar-refractivity contribution in [1.29, 1.82) is 0 Å². The Kier molecular flexibility index (Phi) is 7.15. The Morgan fingerprint density at radius 1 is 1.19 bits per heavy atom. The minimum Gasteiger partial charge on any atom is -0.495 e. The molecule has 0 aromatic heterocycles. The maximum atomic E-state index is 12.9. The molecule has 0 saturated heterocycles. The highest BCUT2D eigenvalue weighted by Crippen LogP contribution is 2.27. The van der Waals surface area contributed by atoms with Gasteiger partial charge in [-0.15, -0.1) is 0 Å². The first-order chi connectivity index (χ1) is 12.8. The number of carbonyl (C=O) groups is 2. The van der Waals surface area contributed by atoms with Gasteiger partial charge in [-0.05, 0) is 49.4 Å². The molecule has 0 spiro atoms. The van der Waals surface area contributed by atoms with Gasteiger partial charge in [-0.25, -0.2) is 4.39 Å². The standard InChI is InChI=1S/C19H21ClFN3O3/c1-12(19(26)23-16-10-13(20)4-9-17(16)27-3)24(2)11-18(25)22-15-7-5-14(21)6-8-15/h4-10,12H,11H2,1-3H3,(H,22,25)(H,23,26)/p+1/t12-/m0/s1. The van der Waals surface area contributed by atoms with Gasteiger partial charge < -0.3 is 20.3 Å². The van der Waals surface area contributed by atoms with E-state index in [1.54, 1.807) is 32.2 Å². The third kappa shape index (κ3) is 5.94. The first-order valence-electron chi connectivity index (χ1n) is 8.32. The molecule has 0 aliphatic carbocycles. The van der Waals surface area contributed by atoms with Crippen LogP contribution in [0.1, 0.15) is 6.92 Å². The Balaban J connectivity index is 1.94. The van der Waals surface area contributed by atoms with E-state index >= 15 is 0 Å². The van der Waals surface area contributed by atoms with Gasteiger partial charge in [0.25, 0.3) is 11.8 Å². The van der Waals surface area contributed by atoms with E-state index in [9.17, 15) is 14.0 Å². The van der Waals surface area contributed by atoms with E-state index < -0.39 is 6.04 Å². The Morgan fingerprint density at radius 3 is 2.48 bits per heavy atom. The molecule has 144 valence electrons. The van der Waals surface area contributed by atoms with Crippen molar-refractivity contribution in [2.45, 2.75) is 13.0 Å². The molecule has 27 heavy (non-hydrogen) atoms. The Morgan fingerprint density at radius 2 is 1.85 bits per heavy atom. The molecule has 2 atom stereocenters. The monoisotopic (exact) mass is 394 g/mol. The summed E-state index contributed by atoms with van der Waals surface area (Å²) in [7, 11) is 3.24. The largest absolute Gasteiger partial charge is 0.495 e. The SMILES string of the molecule is COc1ccc(Cl)cc1NC(=O)[C@H](C)[NH+](C)CC(=O)Nc1ccc(F)cc1. The van der Waals surface area contributed by atoms with E-state index in [-0.39, 0.29) is 24.2 Å². The number of anilines is 2. The normalized spacial score (nSPS) is 12.8. The summed E-state index contributed by atoms with van der Waals surface area (Å²) in [5.74, 6) is -0.439. The third-order valence-electron chi connectivity index (χ3n) is 4.12. The zero-order valence-electron chi connectivity index (χ0n) is 15.3. The zero-order chi connectivity index (χ0) is 20.0. The van der Waals surface area contributed by atoms with Crippen molar-refractivity contribution >= 4 is 34.8 Å². The molecule has 1 unspecified atom stereocenters. The average molecular weight is 395 g/mol. The Bertz CT molecular complexity index is 814. The zero-order valence-corrected chi connectivity index (χ0v) is 16.1. The van der Waals surface area contributed by atoms with Gasteiger partial charge in [-0.1, -0.05) is 11.6 Å². The molecule has 2 aromatic rings. The Hall–Kier alpha value is -2.64. The number of ether oxygens (including phenoxy) is 1. The van der Waals surface area contributed by atoms with Crippen molar-refractivity contribution in [3.05, 3.63) is 53.3 Å². The van der Waals surface area contributed by atoms with Crippen LogP contribution in [0.2, 0.25) is 5.02 Å². The van der Waals surface area contributed by atoms with Crippen molar-refractivity contribution in [2.75, 3.05) is 31.3 Å². The van der Waals surface area contributed by atoms with Crippen LogP contribution in [0.25, 0.3) is 0 Å². The number of nitrogens with one attached hydrogen (secondary N) is 3. The van der Waals surface area contributed by atoms with E-state index in [0.717, 1.165) is 0 Å². The minimum atomic E-state index is -0.507. The van der Waals surface area contributed by atoms with Gasteiger partial charge in [0, 0.05) is 10.7 Å². The lowest BCUT2D eigenvalue weighted by molar-refractivity contribution is -0.885. The number of rotatable bonds is 7. The number of hydrogen-bond acceptors (Lipinski definition) is 3. The summed E-state index contributed by atoms with van der Waals surface area (Å²) in [6, 6.07) is 9.90. The van der Waals surface area contributed by atoms with Gasteiger partial charge in [0.15, 0.2) is 12.6 Å². The number of benzene rings is 2. The van der Waals surface area contributed by atoms with Crippen molar-refractivity contribution in [2.24, 2.45) is 0 Å². The highest BCUT2D eigenvalue weighted by atomic mass is 35.5. The van der Waals surface area contributed by atoms with Crippen LogP contribution in [0, 0.1) is 5.82 Å². The second-order valence-electron chi connectivity index (χ2n) is 6.13. The summed E-state index contributed by atoms with van der Waals surface area (Å²) in [6.45, 7) is 1.78. The summed E-state index contributed by atoms with van der Waals surface area (Å²) in [4.78, 5) is 25.3. The number of quaternary nitrogens is 1. The highest BCUT2D eigenvalue weighted by molar-refractivity contribution is 6.31. The van der Waals surface area contributed by atoms with Crippen molar-refractivity contribution in [3.8, 4) is 5.75 Å². The van der Waals surface area contributed by atoms with E-state index in [2.05, 4.69) is 10.6 Å². The van der Waals surface area contributed by atoms with Crippen LogP contribution >= 0.6 is 11.6 Å². The Labute approximate surface area is 162 Å². The lowest BCUT2D eigenvalue weighted by Crippen LogP contribution is -3.14. The molecule has 0 saturated carbocycles. The fourth-order valence-electron chi connectivity index (χ4n) is 2.39. The first kappa shape index (κ1) is 20.7. The van der Waals surface area contributed by atoms with E-state index in [1.165, 1.54) is 31.4 Å². The number of halogens is 2. The van der Waals surface area contributed by atoms with Crippen LogP contribution in [-0.4, -0.2) is 38.6 Å². The van der Waals surface area contributed by atoms with Crippen LogP contribution in [0.4, 0.5) is 15.8 Å². The topological polar surface area (TPSA) is 71.9 Å². The number of amides is 2. The van der Waals surface area contributed by atoms with Crippen molar-refractivity contribution in [3.63, 3.8) is 0 Å². The maximum Gasteiger partial charge on any atom is 0.282 e. The molecule has 0 fully saturated rings. The lowest BCUT2D eigenvalue weighted by atomic mass is 10.2. The predicted molar refractivity (Wildman–Crippen MR) is 103 cm³/mol. The fourth-order valence-corrected chi connectivity index (χ4v) is 2.56. The summed E-state index contributed by atoms with van der Waals surface area (Å²) < 4.78 is 18.1. The van der Waals surface area contributed by atoms with E-state index in [1.807, 2.05) is 0 Å². The molecule has 6 nitrogen and oxygen atoms in total. The van der Waals surface area contributed by atoms with E-state index in [0.29, 0.717) is 27.0 Å². The summed E-state index contributed by atoms with van der Waals surface area (Å²) >= 11 is 5.97. The molecule has 0 heterocycles. The predicted octanol–water partition coefficient (Wildman–Crippen LogP) is 1.97. The van der Waals surface area contributed by atoms with Crippen LogP contribution in [-0.2, 0) is 9.59 Å². The first-order valence-corrected chi connectivity index (χ1v) is 8.70. The number of likely N-dealkylation sites (N-methyl/N-ethyl adjacent to an activating group) is 1. The van der Waals surface area contributed by atoms with Crippen LogP contribution in [0.3, 0.4) is 0 Å². The highest BCUT2D eigenvalue weighted by Gasteiger charge is 2.25. The van der Waals surface area contributed by atoms with Crippen LogP contribution in [0.5, 0.6) is 5.75 Å². The van der Waals surface area contributed by atoms with Gasteiger partial charge in [0.05, 0.1) is 19.8 Å². The van der Waals surface area contributed by atoms with E-state index in [4.69, 9.17) is 16.3 Å². The average Bonchev–Trinajstić information content (AvgIpc) is 2.63. The van der Waals surface area contributed by atoms with Crippen LogP contribution in [0.15, 0.2) is 42.5 Å².